The van der Waals surface area contributed by atoms with Crippen molar-refractivity contribution in [3.63, 3.8) is 0 Å². The molecule has 4 rings (SSSR count). The number of rotatable bonds is 12. The van der Waals surface area contributed by atoms with E-state index in [4.69, 9.17) is 8.85 Å². The number of carbonyl (C=O) groups excluding carboxylic acids is 1. The molecule has 6 heteroatoms. The summed E-state index contributed by atoms with van der Waals surface area (Å²) in [5.74, 6) is -0.834. The van der Waals surface area contributed by atoms with Crippen molar-refractivity contribution in [3.05, 3.63) is 121 Å². The van der Waals surface area contributed by atoms with Crippen molar-refractivity contribution in [3.8, 4) is 0 Å². The molecule has 4 atom stereocenters. The molecule has 0 spiro atoms. The predicted molar refractivity (Wildman–Crippen MR) is 197 cm³/mol. The average Bonchev–Trinajstić information content (AvgIpc) is 3.05. The fraction of sp³-hybridized carbons (Fsp3) is 0.375. The Morgan fingerprint density at radius 3 is 1.11 bits per heavy atom. The molecule has 0 aliphatic rings. The molecule has 0 bridgehead atoms. The third-order valence-corrected chi connectivity index (χ3v) is 19.6. The third kappa shape index (κ3) is 6.92. The van der Waals surface area contributed by atoms with Crippen LogP contribution in [0.15, 0.2) is 121 Å². The Hall–Kier alpha value is -3.14. The first kappa shape index (κ1) is 35.7. The van der Waals surface area contributed by atoms with Gasteiger partial charge in [0.15, 0.2) is 5.78 Å². The van der Waals surface area contributed by atoms with Crippen molar-refractivity contribution in [1.29, 1.82) is 0 Å². The van der Waals surface area contributed by atoms with E-state index in [2.05, 4.69) is 90.1 Å². The summed E-state index contributed by atoms with van der Waals surface area (Å²) in [7, 11) is -5.89. The first-order chi connectivity index (χ1) is 21.7. The Kier molecular flexibility index (Phi) is 11.1. The highest BCUT2D eigenvalue weighted by Gasteiger charge is 2.54. The molecule has 4 aromatic rings. The number of ketones is 1. The zero-order chi connectivity index (χ0) is 33.8. The summed E-state index contributed by atoms with van der Waals surface area (Å²) < 4.78 is 14.3. The van der Waals surface area contributed by atoms with Crippen LogP contribution in [0.3, 0.4) is 0 Å². The number of hydrogen-bond acceptors (Lipinski definition) is 4. The summed E-state index contributed by atoms with van der Waals surface area (Å²) in [6.07, 6.45) is -2.37. The smallest absolute Gasteiger partial charge is 0.262 e. The van der Waals surface area contributed by atoms with Crippen molar-refractivity contribution in [1.82, 2.24) is 0 Å². The molecule has 0 amide bonds. The van der Waals surface area contributed by atoms with Crippen molar-refractivity contribution in [2.45, 2.75) is 90.7 Å². The molecule has 46 heavy (non-hydrogen) atoms. The number of hydrogen-bond donors (Lipinski definition) is 1. The average molecular weight is 653 g/mol. The fourth-order valence-corrected chi connectivity index (χ4v) is 16.4. The lowest BCUT2D eigenvalue weighted by atomic mass is 9.93. The van der Waals surface area contributed by atoms with E-state index in [1.54, 1.807) is 0 Å². The summed E-state index contributed by atoms with van der Waals surface area (Å²) in [4.78, 5) is 14.3. The summed E-state index contributed by atoms with van der Waals surface area (Å²) in [5, 5.41) is 15.8. The van der Waals surface area contributed by atoms with Crippen LogP contribution in [0.25, 0.3) is 0 Å². The van der Waals surface area contributed by atoms with Gasteiger partial charge >= 0.3 is 0 Å². The molecule has 0 unspecified atom stereocenters. The van der Waals surface area contributed by atoms with Gasteiger partial charge in [-0.25, -0.2) is 0 Å². The second-order valence-electron chi connectivity index (χ2n) is 14.6. The molecular formula is C40H52O4Si2. The topological polar surface area (TPSA) is 55.8 Å². The maximum atomic E-state index is 14.3. The number of Topliss-reactive ketones (excluding diaryl/α,β-unsaturated/α-hetero) is 1. The second-order valence-corrected chi connectivity index (χ2v) is 23.1. The number of aliphatic hydroxyl groups excluding tert-OH is 1. The third-order valence-electron chi connectivity index (χ3n) is 9.39. The van der Waals surface area contributed by atoms with Crippen LogP contribution in [-0.2, 0) is 13.6 Å². The van der Waals surface area contributed by atoms with E-state index < -0.39 is 40.9 Å². The molecule has 4 aromatic carbocycles. The molecule has 4 nitrogen and oxygen atoms in total. The van der Waals surface area contributed by atoms with Gasteiger partial charge in [-0.1, -0.05) is 170 Å². The van der Waals surface area contributed by atoms with Gasteiger partial charge in [-0.3, -0.25) is 4.79 Å². The van der Waals surface area contributed by atoms with Crippen LogP contribution < -0.4 is 20.7 Å². The second kappa shape index (κ2) is 14.3. The molecular weight excluding hydrogens is 601 g/mol. The maximum Gasteiger partial charge on any atom is 0.262 e. The molecule has 0 saturated heterocycles. The summed E-state index contributed by atoms with van der Waals surface area (Å²) in [5.41, 5.74) is 0. The van der Waals surface area contributed by atoms with Gasteiger partial charge in [0.1, 0.15) is 6.10 Å². The van der Waals surface area contributed by atoms with E-state index >= 15 is 0 Å². The lowest BCUT2D eigenvalue weighted by molar-refractivity contribution is -0.134. The Morgan fingerprint density at radius 1 is 0.543 bits per heavy atom. The molecule has 0 aromatic heterocycles. The summed E-state index contributed by atoms with van der Waals surface area (Å²) in [6, 6.07) is 41.4. The zero-order valence-electron chi connectivity index (χ0n) is 29.0. The number of aliphatic hydroxyl groups is 1. The quantitative estimate of drug-likeness (QED) is 0.178. The summed E-state index contributed by atoms with van der Waals surface area (Å²) >= 11 is 0. The summed E-state index contributed by atoms with van der Waals surface area (Å²) in [6.45, 7) is 18.8. The van der Waals surface area contributed by atoms with Crippen LogP contribution in [0.5, 0.6) is 0 Å². The van der Waals surface area contributed by atoms with Crippen LogP contribution in [0.4, 0.5) is 0 Å². The van der Waals surface area contributed by atoms with Gasteiger partial charge in [0.25, 0.3) is 16.6 Å². The highest BCUT2D eigenvalue weighted by Crippen LogP contribution is 2.39. The fourth-order valence-electron chi connectivity index (χ4n) is 7.00. The largest absolute Gasteiger partial charge is 0.402 e. The van der Waals surface area contributed by atoms with Gasteiger partial charge in [0.2, 0.25) is 0 Å². The lowest BCUT2D eigenvalue weighted by Crippen LogP contribution is -2.69. The first-order valence-corrected chi connectivity index (χ1v) is 20.3. The first-order valence-electron chi connectivity index (χ1n) is 16.5. The molecule has 0 saturated carbocycles. The standard InChI is InChI=1S/C40H52O4Si2/c1-30(37(41)31(2)43-45(39(4,5)6,33-22-14-10-15-23-33)34-24-16-11-17-25-34)38(42)32(3)44-46(40(7,8)9,35-26-18-12-19-27-35)36-28-20-13-21-29-36/h10-32,37,41H,1-9H3/t30-,31+,32+,37-/m1/s1. The van der Waals surface area contributed by atoms with Crippen LogP contribution in [0, 0.1) is 5.92 Å². The molecule has 0 heterocycles. The van der Waals surface area contributed by atoms with Crippen LogP contribution >= 0.6 is 0 Å². The Balaban J connectivity index is 1.68. The molecule has 0 aliphatic carbocycles. The van der Waals surface area contributed by atoms with E-state index in [-0.39, 0.29) is 15.9 Å². The molecule has 0 radical (unpaired) electrons. The van der Waals surface area contributed by atoms with Gasteiger partial charge in [0.05, 0.1) is 12.2 Å². The zero-order valence-corrected chi connectivity index (χ0v) is 31.0. The van der Waals surface area contributed by atoms with E-state index in [9.17, 15) is 9.90 Å². The van der Waals surface area contributed by atoms with Gasteiger partial charge in [-0.2, -0.15) is 0 Å². The highest BCUT2D eigenvalue weighted by molar-refractivity contribution is 7.00. The molecule has 0 aliphatic heterocycles. The number of carbonyl (C=O) groups is 1. The molecule has 0 fully saturated rings. The van der Waals surface area contributed by atoms with Crippen LogP contribution in [0.2, 0.25) is 10.1 Å². The minimum absolute atomic E-state index is 0.126. The van der Waals surface area contributed by atoms with Crippen LogP contribution in [0.1, 0.15) is 62.3 Å². The highest BCUT2D eigenvalue weighted by atomic mass is 28.4. The Bertz CT molecular complexity index is 1450. The van der Waals surface area contributed by atoms with Crippen molar-refractivity contribution >= 4 is 43.2 Å². The van der Waals surface area contributed by atoms with Gasteiger partial charge in [-0.15, -0.1) is 0 Å². The van der Waals surface area contributed by atoms with E-state index in [0.29, 0.717) is 0 Å². The molecule has 1 N–H and O–H groups in total. The maximum absolute atomic E-state index is 14.3. The van der Waals surface area contributed by atoms with Crippen molar-refractivity contribution in [2.75, 3.05) is 0 Å². The van der Waals surface area contributed by atoms with Crippen molar-refractivity contribution < 1.29 is 18.8 Å². The minimum Gasteiger partial charge on any atom is -0.402 e. The van der Waals surface area contributed by atoms with E-state index in [0.717, 1.165) is 20.7 Å². The van der Waals surface area contributed by atoms with Gasteiger partial charge in [-0.05, 0) is 44.7 Å². The SMILES string of the molecule is C[C@H](O[Si](c1ccccc1)(c1ccccc1)C(C)(C)C)C(=O)[C@H](C)[C@@H](O)[C@H](C)O[Si](c1ccccc1)(c1ccccc1)C(C)(C)C. The van der Waals surface area contributed by atoms with E-state index in [1.807, 2.05) is 93.6 Å². The minimum atomic E-state index is -2.96. The Labute approximate surface area is 279 Å². The van der Waals surface area contributed by atoms with Crippen LogP contribution in [-0.4, -0.2) is 45.8 Å². The monoisotopic (exact) mass is 652 g/mol. The Morgan fingerprint density at radius 2 is 0.826 bits per heavy atom. The predicted octanol–water partition coefficient (Wildman–Crippen LogP) is 6.48. The normalized spacial score (nSPS) is 15.5. The lowest BCUT2D eigenvalue weighted by Gasteiger charge is -2.46. The van der Waals surface area contributed by atoms with Gasteiger partial charge in [0, 0.05) is 5.92 Å². The van der Waals surface area contributed by atoms with Gasteiger partial charge < -0.3 is 14.0 Å². The number of benzene rings is 4. The molecule has 244 valence electrons. The van der Waals surface area contributed by atoms with E-state index in [1.165, 1.54) is 0 Å². The van der Waals surface area contributed by atoms with Crippen molar-refractivity contribution in [2.24, 2.45) is 5.92 Å².